The third-order valence-electron chi connectivity index (χ3n) is 1.62. The summed E-state index contributed by atoms with van der Waals surface area (Å²) in [5.41, 5.74) is 6.58. The van der Waals surface area contributed by atoms with Gasteiger partial charge in [0.1, 0.15) is 0 Å². The van der Waals surface area contributed by atoms with Crippen molar-refractivity contribution in [3.63, 3.8) is 0 Å². The summed E-state index contributed by atoms with van der Waals surface area (Å²) >= 11 is 3.66. The van der Waals surface area contributed by atoms with Gasteiger partial charge in [-0.1, -0.05) is 30.3 Å². The molecule has 0 bridgehead atoms. The fraction of sp³-hybridized carbons (Fsp3) is 0.222. The van der Waals surface area contributed by atoms with E-state index < -0.39 is 6.04 Å². The minimum absolute atomic E-state index is 0.265. The molecule has 1 aromatic carbocycles. The van der Waals surface area contributed by atoms with Crippen LogP contribution < -0.4 is 5.73 Å². The van der Waals surface area contributed by atoms with Crippen LogP contribution in [0.15, 0.2) is 30.3 Å². The molecule has 1 aromatic rings. The second kappa shape index (κ2) is 4.28. The van der Waals surface area contributed by atoms with Crippen molar-refractivity contribution in [1.82, 2.24) is 0 Å². The molecule has 0 spiro atoms. The second-order valence-corrected chi connectivity index (χ2v) is 3.08. The lowest BCUT2D eigenvalue weighted by Crippen LogP contribution is -2.29. The minimum atomic E-state index is -0.490. The molecule has 2 nitrogen and oxygen atoms in total. The molecule has 0 saturated heterocycles. The Morgan fingerprint density at radius 3 is 2.50 bits per heavy atom. The molecule has 0 aromatic heterocycles. The number of carbonyl (C=O) groups is 1. The zero-order chi connectivity index (χ0) is 8.97. The highest BCUT2D eigenvalue weighted by molar-refractivity contribution is 7.96. The van der Waals surface area contributed by atoms with Crippen molar-refractivity contribution in [3.05, 3.63) is 35.9 Å². The predicted octanol–water partition coefficient (Wildman–Crippen LogP) is 1.01. The summed E-state index contributed by atoms with van der Waals surface area (Å²) in [4.78, 5) is 10.7. The molecule has 0 heterocycles. The highest BCUT2D eigenvalue weighted by atomic mass is 32.1. The highest BCUT2D eigenvalue weighted by Gasteiger charge is 2.08. The van der Waals surface area contributed by atoms with E-state index >= 15 is 0 Å². The summed E-state index contributed by atoms with van der Waals surface area (Å²) in [6.45, 7) is 0. The summed E-state index contributed by atoms with van der Waals surface area (Å²) in [6, 6.07) is 9.16. The molecule has 0 amide bonds. The summed E-state index contributed by atoms with van der Waals surface area (Å²) in [6.07, 6.45) is 0.559. The lowest BCUT2D eigenvalue weighted by atomic mass is 10.1. The Labute approximate surface area is 77.2 Å². The van der Waals surface area contributed by atoms with Gasteiger partial charge in [0.2, 0.25) is 5.12 Å². The molecule has 1 rings (SSSR count). The van der Waals surface area contributed by atoms with E-state index in [2.05, 4.69) is 12.6 Å². The summed E-state index contributed by atoms with van der Waals surface area (Å²) in [5.74, 6) is 0. The van der Waals surface area contributed by atoms with Gasteiger partial charge in [-0.2, -0.15) is 0 Å². The molecular weight excluding hydrogens is 170 g/mol. The van der Waals surface area contributed by atoms with Crippen LogP contribution in [0.1, 0.15) is 5.56 Å². The van der Waals surface area contributed by atoms with Gasteiger partial charge in [0.25, 0.3) is 0 Å². The Morgan fingerprint density at radius 1 is 1.42 bits per heavy atom. The molecule has 0 unspecified atom stereocenters. The van der Waals surface area contributed by atoms with E-state index in [9.17, 15) is 4.79 Å². The molecule has 0 aliphatic carbocycles. The smallest absolute Gasteiger partial charge is 0.202 e. The Hall–Kier alpha value is -0.800. The van der Waals surface area contributed by atoms with E-state index in [0.29, 0.717) is 6.42 Å². The van der Waals surface area contributed by atoms with Crippen LogP contribution in [0.25, 0.3) is 0 Å². The van der Waals surface area contributed by atoms with Gasteiger partial charge >= 0.3 is 0 Å². The molecule has 1 atom stereocenters. The average Bonchev–Trinajstić information content (AvgIpc) is 2.06. The van der Waals surface area contributed by atoms with Crippen molar-refractivity contribution in [2.24, 2.45) is 5.73 Å². The largest absolute Gasteiger partial charge is 0.320 e. The van der Waals surface area contributed by atoms with Crippen molar-refractivity contribution in [2.75, 3.05) is 0 Å². The van der Waals surface area contributed by atoms with Crippen LogP contribution in [0.3, 0.4) is 0 Å². The Kier molecular flexibility index (Phi) is 3.31. The molecule has 3 heteroatoms. The zero-order valence-corrected chi connectivity index (χ0v) is 7.50. The van der Waals surface area contributed by atoms with E-state index in [1.54, 1.807) is 0 Å². The maximum atomic E-state index is 10.7. The number of carbonyl (C=O) groups excluding carboxylic acids is 1. The first-order valence-electron chi connectivity index (χ1n) is 3.72. The minimum Gasteiger partial charge on any atom is -0.320 e. The van der Waals surface area contributed by atoms with Crippen molar-refractivity contribution in [1.29, 1.82) is 0 Å². The standard InChI is InChI=1S/C9H11NOS/c10-8(9(11)12)6-7-4-2-1-3-5-7/h1-5,8H,6,10H2,(H,11,12)/t8-/m0/s1. The fourth-order valence-corrected chi connectivity index (χ4v) is 1.05. The van der Waals surface area contributed by atoms with Gasteiger partial charge < -0.3 is 5.73 Å². The summed E-state index contributed by atoms with van der Waals surface area (Å²) in [5, 5.41) is -0.265. The number of nitrogens with two attached hydrogens (primary N) is 1. The van der Waals surface area contributed by atoms with Crippen LogP contribution in [0.5, 0.6) is 0 Å². The second-order valence-electron chi connectivity index (χ2n) is 2.63. The SMILES string of the molecule is N[C@@H](Cc1ccccc1)C(=O)S. The van der Waals surface area contributed by atoms with Crippen LogP contribution >= 0.6 is 12.6 Å². The normalized spacial score (nSPS) is 12.5. The number of thiol groups is 1. The zero-order valence-electron chi connectivity index (χ0n) is 6.60. The number of hydrogen-bond donors (Lipinski definition) is 2. The molecular formula is C9H11NOS. The molecule has 0 fully saturated rings. The predicted molar refractivity (Wildman–Crippen MR) is 52.1 cm³/mol. The quantitative estimate of drug-likeness (QED) is 0.683. The number of rotatable bonds is 3. The third-order valence-corrected chi connectivity index (χ3v) is 1.95. The van der Waals surface area contributed by atoms with Gasteiger partial charge in [-0.25, -0.2) is 0 Å². The van der Waals surface area contributed by atoms with Gasteiger partial charge in [0.05, 0.1) is 6.04 Å². The number of benzene rings is 1. The molecule has 64 valence electrons. The van der Waals surface area contributed by atoms with E-state index in [4.69, 9.17) is 5.73 Å². The van der Waals surface area contributed by atoms with E-state index in [1.165, 1.54) is 0 Å². The third kappa shape index (κ3) is 2.68. The van der Waals surface area contributed by atoms with E-state index in [1.807, 2.05) is 30.3 Å². The summed E-state index contributed by atoms with van der Waals surface area (Å²) in [7, 11) is 0. The molecule has 0 radical (unpaired) electrons. The van der Waals surface area contributed by atoms with Gasteiger partial charge in [-0.05, 0) is 12.0 Å². The summed E-state index contributed by atoms with van der Waals surface area (Å²) < 4.78 is 0. The van der Waals surface area contributed by atoms with Gasteiger partial charge in [-0.3, -0.25) is 4.79 Å². The Bertz CT molecular complexity index is 260. The first-order chi connectivity index (χ1) is 5.70. The molecule has 0 aliphatic rings. The van der Waals surface area contributed by atoms with Crippen LogP contribution in [-0.4, -0.2) is 11.2 Å². The Balaban J connectivity index is 2.58. The van der Waals surface area contributed by atoms with Crippen LogP contribution in [0.4, 0.5) is 0 Å². The molecule has 12 heavy (non-hydrogen) atoms. The Morgan fingerprint density at radius 2 is 2.00 bits per heavy atom. The lowest BCUT2D eigenvalue weighted by molar-refractivity contribution is -0.111. The van der Waals surface area contributed by atoms with Crippen LogP contribution in [0.2, 0.25) is 0 Å². The maximum Gasteiger partial charge on any atom is 0.202 e. The van der Waals surface area contributed by atoms with Crippen LogP contribution in [-0.2, 0) is 11.2 Å². The maximum absolute atomic E-state index is 10.7. The average molecular weight is 181 g/mol. The fourth-order valence-electron chi connectivity index (χ4n) is 0.955. The van der Waals surface area contributed by atoms with Gasteiger partial charge in [0, 0.05) is 0 Å². The topological polar surface area (TPSA) is 43.1 Å². The van der Waals surface area contributed by atoms with Crippen molar-refractivity contribution in [3.8, 4) is 0 Å². The monoisotopic (exact) mass is 181 g/mol. The molecule has 2 N–H and O–H groups in total. The van der Waals surface area contributed by atoms with E-state index in [0.717, 1.165) is 5.56 Å². The highest BCUT2D eigenvalue weighted by Crippen LogP contribution is 2.02. The first-order valence-corrected chi connectivity index (χ1v) is 4.17. The lowest BCUT2D eigenvalue weighted by Gasteiger charge is -2.05. The molecule has 0 aliphatic heterocycles. The van der Waals surface area contributed by atoms with Crippen molar-refractivity contribution >= 4 is 17.7 Å². The van der Waals surface area contributed by atoms with E-state index in [-0.39, 0.29) is 5.12 Å². The van der Waals surface area contributed by atoms with Crippen molar-refractivity contribution < 1.29 is 4.79 Å². The van der Waals surface area contributed by atoms with Gasteiger partial charge in [-0.15, -0.1) is 12.6 Å². The van der Waals surface area contributed by atoms with Gasteiger partial charge in [0.15, 0.2) is 0 Å². The number of hydrogen-bond acceptors (Lipinski definition) is 2. The molecule has 0 saturated carbocycles. The first kappa shape index (κ1) is 9.29. The van der Waals surface area contributed by atoms with Crippen LogP contribution in [0, 0.1) is 0 Å². The van der Waals surface area contributed by atoms with Crippen molar-refractivity contribution in [2.45, 2.75) is 12.5 Å².